The minimum absolute atomic E-state index is 0.339. The van der Waals surface area contributed by atoms with Gasteiger partial charge in [0, 0.05) is 12.0 Å². The molecule has 0 N–H and O–H groups in total. The van der Waals surface area contributed by atoms with E-state index >= 15 is 0 Å². The van der Waals surface area contributed by atoms with Crippen LogP contribution in [-0.4, -0.2) is 14.8 Å². The van der Waals surface area contributed by atoms with Crippen LogP contribution in [0.15, 0.2) is 6.33 Å². The Morgan fingerprint density at radius 2 is 2.23 bits per heavy atom. The largest absolute Gasteiger partial charge is 0.317 e. The van der Waals surface area contributed by atoms with Gasteiger partial charge >= 0.3 is 0 Å². The quantitative estimate of drug-likeness (QED) is 0.710. The molecule has 0 spiro atoms. The van der Waals surface area contributed by atoms with E-state index in [2.05, 4.69) is 35.5 Å². The van der Waals surface area contributed by atoms with Crippen LogP contribution in [0, 0.1) is 5.92 Å². The van der Waals surface area contributed by atoms with E-state index < -0.39 is 0 Å². The van der Waals surface area contributed by atoms with Gasteiger partial charge in [-0.3, -0.25) is 0 Å². The van der Waals surface area contributed by atoms with Crippen molar-refractivity contribution in [3.8, 4) is 0 Å². The molecule has 1 fully saturated rings. The van der Waals surface area contributed by atoms with Gasteiger partial charge in [-0.1, -0.05) is 20.8 Å². The van der Waals surface area contributed by atoms with E-state index in [0.717, 1.165) is 6.54 Å². The third-order valence-electron chi connectivity index (χ3n) is 2.72. The van der Waals surface area contributed by atoms with Gasteiger partial charge in [-0.2, -0.15) is 0 Å². The summed E-state index contributed by atoms with van der Waals surface area (Å²) >= 11 is 0. The Hall–Kier alpha value is -0.860. The summed E-state index contributed by atoms with van der Waals surface area (Å²) in [4.78, 5) is 0. The lowest BCUT2D eigenvalue weighted by Gasteiger charge is -2.12. The highest BCUT2D eigenvalue weighted by molar-refractivity contribution is 5.15. The Bertz CT molecular complexity index is 297. The average molecular weight is 179 g/mol. The fourth-order valence-corrected chi connectivity index (χ4v) is 1.66. The SMILES string of the molecule is CC(C)Cn1cnnc1C1(C)CC1. The molecule has 72 valence electrons. The van der Waals surface area contributed by atoms with Gasteiger partial charge in [-0.05, 0) is 18.8 Å². The standard InChI is InChI=1S/C10H17N3/c1-8(2)6-13-7-11-12-9(13)10(3)4-5-10/h7-8H,4-6H2,1-3H3. The van der Waals surface area contributed by atoms with Crippen LogP contribution in [0.3, 0.4) is 0 Å². The molecule has 13 heavy (non-hydrogen) atoms. The first-order chi connectivity index (χ1) is 6.12. The molecule has 1 aliphatic rings. The van der Waals surface area contributed by atoms with Gasteiger partial charge in [-0.15, -0.1) is 10.2 Å². The Morgan fingerprint density at radius 3 is 2.77 bits per heavy atom. The van der Waals surface area contributed by atoms with Gasteiger partial charge in [0.1, 0.15) is 12.2 Å². The number of hydrogen-bond donors (Lipinski definition) is 0. The number of hydrogen-bond acceptors (Lipinski definition) is 2. The molecule has 1 aliphatic carbocycles. The maximum absolute atomic E-state index is 4.22. The average Bonchev–Trinajstić information content (AvgIpc) is 2.62. The number of rotatable bonds is 3. The van der Waals surface area contributed by atoms with Gasteiger partial charge in [0.15, 0.2) is 0 Å². The lowest BCUT2D eigenvalue weighted by molar-refractivity contribution is 0.489. The van der Waals surface area contributed by atoms with E-state index in [1.807, 2.05) is 6.33 Å². The molecular weight excluding hydrogens is 162 g/mol. The lowest BCUT2D eigenvalue weighted by Crippen LogP contribution is -2.13. The molecule has 0 aromatic carbocycles. The molecule has 0 saturated heterocycles. The highest BCUT2D eigenvalue weighted by Gasteiger charge is 2.43. The molecule has 0 aliphatic heterocycles. The molecule has 1 aromatic rings. The fraction of sp³-hybridized carbons (Fsp3) is 0.800. The summed E-state index contributed by atoms with van der Waals surface area (Å²) in [5, 5.41) is 8.21. The summed E-state index contributed by atoms with van der Waals surface area (Å²) in [6, 6.07) is 0. The number of aromatic nitrogens is 3. The van der Waals surface area contributed by atoms with E-state index in [1.165, 1.54) is 18.7 Å². The lowest BCUT2D eigenvalue weighted by atomic mass is 10.1. The van der Waals surface area contributed by atoms with Crippen LogP contribution in [0.1, 0.15) is 39.4 Å². The second kappa shape index (κ2) is 2.82. The zero-order valence-electron chi connectivity index (χ0n) is 8.62. The first-order valence-corrected chi connectivity index (χ1v) is 5.00. The third-order valence-corrected chi connectivity index (χ3v) is 2.72. The zero-order valence-corrected chi connectivity index (χ0v) is 8.62. The molecule has 0 bridgehead atoms. The highest BCUT2D eigenvalue weighted by Crippen LogP contribution is 2.46. The predicted molar refractivity (Wildman–Crippen MR) is 51.4 cm³/mol. The van der Waals surface area contributed by atoms with Gasteiger partial charge in [-0.25, -0.2) is 0 Å². The van der Waals surface area contributed by atoms with Crippen LogP contribution in [0.2, 0.25) is 0 Å². The van der Waals surface area contributed by atoms with Crippen LogP contribution < -0.4 is 0 Å². The third kappa shape index (κ3) is 1.60. The van der Waals surface area contributed by atoms with E-state index in [9.17, 15) is 0 Å². The topological polar surface area (TPSA) is 30.7 Å². The highest BCUT2D eigenvalue weighted by atomic mass is 15.3. The number of nitrogens with zero attached hydrogens (tertiary/aromatic N) is 3. The summed E-state index contributed by atoms with van der Waals surface area (Å²) in [6.45, 7) is 7.75. The van der Waals surface area contributed by atoms with E-state index in [1.54, 1.807) is 0 Å². The van der Waals surface area contributed by atoms with Crippen molar-refractivity contribution in [3.63, 3.8) is 0 Å². The fourth-order valence-electron chi connectivity index (χ4n) is 1.66. The van der Waals surface area contributed by atoms with Gasteiger partial charge < -0.3 is 4.57 Å². The van der Waals surface area contributed by atoms with Crippen molar-refractivity contribution >= 4 is 0 Å². The normalized spacial score (nSPS) is 19.4. The Kier molecular flexibility index (Phi) is 1.90. The van der Waals surface area contributed by atoms with Crippen molar-refractivity contribution < 1.29 is 0 Å². The van der Waals surface area contributed by atoms with Crippen LogP contribution in [-0.2, 0) is 12.0 Å². The molecule has 0 radical (unpaired) electrons. The van der Waals surface area contributed by atoms with Crippen molar-refractivity contribution in [2.24, 2.45) is 5.92 Å². The smallest absolute Gasteiger partial charge is 0.138 e. The first-order valence-electron chi connectivity index (χ1n) is 5.00. The second-order valence-corrected chi connectivity index (χ2v) is 4.76. The minimum atomic E-state index is 0.339. The summed E-state index contributed by atoms with van der Waals surface area (Å²) in [7, 11) is 0. The van der Waals surface area contributed by atoms with E-state index in [-0.39, 0.29) is 0 Å². The van der Waals surface area contributed by atoms with E-state index in [4.69, 9.17) is 0 Å². The van der Waals surface area contributed by atoms with Gasteiger partial charge in [0.25, 0.3) is 0 Å². The maximum Gasteiger partial charge on any atom is 0.138 e. The van der Waals surface area contributed by atoms with Crippen molar-refractivity contribution in [1.29, 1.82) is 0 Å². The predicted octanol–water partition coefficient (Wildman–Crippen LogP) is 1.99. The van der Waals surface area contributed by atoms with E-state index in [0.29, 0.717) is 11.3 Å². The second-order valence-electron chi connectivity index (χ2n) is 4.76. The van der Waals surface area contributed by atoms with Crippen LogP contribution in [0.4, 0.5) is 0 Å². The van der Waals surface area contributed by atoms with Crippen molar-refractivity contribution in [3.05, 3.63) is 12.2 Å². The molecule has 1 heterocycles. The first kappa shape index (κ1) is 8.73. The summed E-state index contributed by atoms with van der Waals surface area (Å²) < 4.78 is 2.21. The Balaban J connectivity index is 2.21. The summed E-state index contributed by atoms with van der Waals surface area (Å²) in [5.74, 6) is 1.85. The molecule has 1 saturated carbocycles. The van der Waals surface area contributed by atoms with Crippen LogP contribution in [0.25, 0.3) is 0 Å². The van der Waals surface area contributed by atoms with Crippen molar-refractivity contribution in [1.82, 2.24) is 14.8 Å². The molecule has 0 unspecified atom stereocenters. The molecule has 3 nitrogen and oxygen atoms in total. The van der Waals surface area contributed by atoms with Gasteiger partial charge in [0.2, 0.25) is 0 Å². The molecule has 0 atom stereocenters. The molecule has 3 heteroatoms. The van der Waals surface area contributed by atoms with Crippen LogP contribution >= 0.6 is 0 Å². The molecular formula is C10H17N3. The monoisotopic (exact) mass is 179 g/mol. The molecule has 0 amide bonds. The van der Waals surface area contributed by atoms with Crippen molar-refractivity contribution in [2.45, 2.75) is 45.6 Å². The van der Waals surface area contributed by atoms with Crippen LogP contribution in [0.5, 0.6) is 0 Å². The molecule has 2 rings (SSSR count). The zero-order chi connectivity index (χ0) is 9.47. The maximum atomic E-state index is 4.22. The Morgan fingerprint density at radius 1 is 1.54 bits per heavy atom. The summed E-state index contributed by atoms with van der Waals surface area (Å²) in [6.07, 6.45) is 4.40. The molecule has 1 aromatic heterocycles. The Labute approximate surface area is 79.2 Å². The minimum Gasteiger partial charge on any atom is -0.317 e. The van der Waals surface area contributed by atoms with Gasteiger partial charge in [0.05, 0.1) is 0 Å². The van der Waals surface area contributed by atoms with Crippen molar-refractivity contribution in [2.75, 3.05) is 0 Å². The summed E-state index contributed by atoms with van der Waals surface area (Å²) in [5.41, 5.74) is 0.339.